The average Bonchev–Trinajstić information content (AvgIpc) is 3.34. The molecule has 8 heteroatoms. The second-order valence-corrected chi connectivity index (χ2v) is 7.43. The number of allylic oxidation sites excluding steroid dienone is 1. The number of ketones is 1. The van der Waals surface area contributed by atoms with Crippen LogP contribution in [0, 0.1) is 0 Å². The summed E-state index contributed by atoms with van der Waals surface area (Å²) in [7, 11) is 0. The number of anilines is 1. The number of oxime groups is 1. The summed E-state index contributed by atoms with van der Waals surface area (Å²) in [5.41, 5.74) is 3.10. The van der Waals surface area contributed by atoms with Crippen LogP contribution < -0.4 is 19.5 Å². The van der Waals surface area contributed by atoms with Crippen molar-refractivity contribution >= 4 is 29.2 Å². The molecule has 34 heavy (non-hydrogen) atoms. The molecule has 172 valence electrons. The third-order valence-corrected chi connectivity index (χ3v) is 5.07. The highest BCUT2D eigenvalue weighted by atomic mass is 16.7. The maximum absolute atomic E-state index is 12.5. The molecule has 0 spiro atoms. The highest BCUT2D eigenvalue weighted by molar-refractivity contribution is 6.07. The number of nitrogens with zero attached hydrogens (tertiary/aromatic N) is 1. The van der Waals surface area contributed by atoms with Gasteiger partial charge < -0.3 is 24.7 Å². The van der Waals surface area contributed by atoms with Crippen LogP contribution in [0.2, 0.25) is 0 Å². The second kappa shape index (κ2) is 10.4. The summed E-state index contributed by atoms with van der Waals surface area (Å²) in [6, 6.07) is 18.9. The molecule has 2 N–H and O–H groups in total. The van der Waals surface area contributed by atoms with Gasteiger partial charge in [-0.15, -0.1) is 0 Å². The van der Waals surface area contributed by atoms with E-state index in [0.717, 1.165) is 11.1 Å². The summed E-state index contributed by atoms with van der Waals surface area (Å²) in [6.07, 6.45) is 3.19. The lowest BCUT2D eigenvalue weighted by atomic mass is 10.1. The van der Waals surface area contributed by atoms with Gasteiger partial charge in [-0.3, -0.25) is 9.59 Å². The fourth-order valence-electron chi connectivity index (χ4n) is 3.20. The molecule has 0 atom stereocenters. The van der Waals surface area contributed by atoms with Gasteiger partial charge in [0.25, 0.3) is 5.91 Å². The number of benzene rings is 3. The Labute approximate surface area is 196 Å². The molecular weight excluding hydrogens is 436 g/mol. The van der Waals surface area contributed by atoms with Crippen LogP contribution in [-0.2, 0) is 4.79 Å². The van der Waals surface area contributed by atoms with Crippen LogP contribution in [0.15, 0.2) is 78.0 Å². The monoisotopic (exact) mass is 458 g/mol. The number of carbonyl (C=O) groups excluding carboxylic acids is 2. The molecule has 1 aliphatic rings. The van der Waals surface area contributed by atoms with E-state index in [9.17, 15) is 9.59 Å². The third-order valence-electron chi connectivity index (χ3n) is 5.07. The molecule has 0 saturated carbocycles. The van der Waals surface area contributed by atoms with E-state index in [4.69, 9.17) is 19.4 Å². The smallest absolute Gasteiger partial charge is 0.262 e. The van der Waals surface area contributed by atoms with E-state index in [0.29, 0.717) is 34.2 Å². The van der Waals surface area contributed by atoms with Crippen molar-refractivity contribution in [2.24, 2.45) is 5.16 Å². The van der Waals surface area contributed by atoms with Crippen LogP contribution in [-0.4, -0.2) is 36.0 Å². The molecule has 1 heterocycles. The standard InChI is InChI=1S/C26H22N2O6/c1-17(28-31)19-6-10-22(11-7-19)32-15-26(30)27-21-8-4-20(5-9-21)23(29)12-2-18-3-13-24-25(14-18)34-16-33-24/h2-14,31H,15-16H2,1H3,(H,27,30)/b12-2+,28-17-. The van der Waals surface area contributed by atoms with Gasteiger partial charge in [-0.05, 0) is 84.8 Å². The van der Waals surface area contributed by atoms with Crippen molar-refractivity contribution in [2.75, 3.05) is 18.7 Å². The number of nitrogens with one attached hydrogen (secondary N) is 1. The first kappa shape index (κ1) is 22.6. The van der Waals surface area contributed by atoms with Gasteiger partial charge >= 0.3 is 0 Å². The minimum Gasteiger partial charge on any atom is -0.484 e. The summed E-state index contributed by atoms with van der Waals surface area (Å²) in [5.74, 6) is 1.36. The van der Waals surface area contributed by atoms with Gasteiger partial charge in [0.15, 0.2) is 23.9 Å². The number of hydrogen-bond acceptors (Lipinski definition) is 7. The lowest BCUT2D eigenvalue weighted by molar-refractivity contribution is -0.118. The van der Waals surface area contributed by atoms with Gasteiger partial charge in [-0.25, -0.2) is 0 Å². The van der Waals surface area contributed by atoms with Gasteiger partial charge in [0.05, 0.1) is 5.71 Å². The van der Waals surface area contributed by atoms with Gasteiger partial charge in [0, 0.05) is 11.3 Å². The van der Waals surface area contributed by atoms with Crippen LogP contribution in [0.5, 0.6) is 17.2 Å². The molecule has 1 aliphatic heterocycles. The van der Waals surface area contributed by atoms with Crippen molar-refractivity contribution in [3.05, 3.63) is 89.5 Å². The highest BCUT2D eigenvalue weighted by Gasteiger charge is 2.12. The molecule has 0 aromatic heterocycles. The van der Waals surface area contributed by atoms with E-state index in [2.05, 4.69) is 10.5 Å². The number of amides is 1. The minimum absolute atomic E-state index is 0.163. The molecule has 1 amide bonds. The first-order valence-electron chi connectivity index (χ1n) is 10.5. The molecule has 0 unspecified atom stereocenters. The van der Waals surface area contributed by atoms with Gasteiger partial charge in [-0.2, -0.15) is 0 Å². The Morgan fingerprint density at radius 1 is 1.00 bits per heavy atom. The third kappa shape index (κ3) is 5.60. The van der Waals surface area contributed by atoms with Crippen molar-refractivity contribution in [1.82, 2.24) is 0 Å². The molecule has 4 rings (SSSR count). The SMILES string of the molecule is C/C(=N/O)c1ccc(OCC(=O)Nc2ccc(C(=O)/C=C/c3ccc4c(c3)OCO4)cc2)cc1. The van der Waals surface area contributed by atoms with E-state index in [1.54, 1.807) is 67.6 Å². The molecule has 0 saturated heterocycles. The first-order valence-corrected chi connectivity index (χ1v) is 10.5. The lowest BCUT2D eigenvalue weighted by Gasteiger charge is -2.08. The molecule has 3 aromatic rings. The quantitative estimate of drug-likeness (QED) is 0.169. The molecule has 0 fully saturated rings. The Bertz CT molecular complexity index is 1250. The number of hydrogen-bond donors (Lipinski definition) is 2. The normalized spacial score (nSPS) is 12.6. The summed E-state index contributed by atoms with van der Waals surface area (Å²) >= 11 is 0. The Hall–Kier alpha value is -4.59. The van der Waals surface area contributed by atoms with Crippen molar-refractivity contribution < 1.29 is 29.0 Å². The van der Waals surface area contributed by atoms with Crippen LogP contribution in [0.4, 0.5) is 5.69 Å². The van der Waals surface area contributed by atoms with Crippen molar-refractivity contribution in [1.29, 1.82) is 0 Å². The second-order valence-electron chi connectivity index (χ2n) is 7.43. The number of ether oxygens (including phenoxy) is 3. The van der Waals surface area contributed by atoms with E-state index in [-0.39, 0.29) is 25.1 Å². The largest absolute Gasteiger partial charge is 0.484 e. The predicted molar refractivity (Wildman–Crippen MR) is 127 cm³/mol. The van der Waals surface area contributed by atoms with Gasteiger partial charge in [-0.1, -0.05) is 17.3 Å². The first-order chi connectivity index (χ1) is 16.5. The van der Waals surface area contributed by atoms with Crippen LogP contribution in [0.25, 0.3) is 6.08 Å². The van der Waals surface area contributed by atoms with Crippen molar-refractivity contribution in [2.45, 2.75) is 6.92 Å². The van der Waals surface area contributed by atoms with E-state index in [1.165, 1.54) is 6.08 Å². The summed E-state index contributed by atoms with van der Waals surface area (Å²) in [5, 5.41) is 14.7. The fourth-order valence-corrected chi connectivity index (χ4v) is 3.20. The summed E-state index contributed by atoms with van der Waals surface area (Å²) in [4.78, 5) is 24.6. The van der Waals surface area contributed by atoms with Crippen LogP contribution >= 0.6 is 0 Å². The van der Waals surface area contributed by atoms with Crippen molar-refractivity contribution in [3.8, 4) is 17.2 Å². The van der Waals surface area contributed by atoms with Gasteiger partial charge in [0.2, 0.25) is 6.79 Å². The maximum atomic E-state index is 12.5. The Morgan fingerprint density at radius 3 is 2.44 bits per heavy atom. The van der Waals surface area contributed by atoms with Crippen molar-refractivity contribution in [3.63, 3.8) is 0 Å². The molecule has 0 radical (unpaired) electrons. The minimum atomic E-state index is -0.334. The molecule has 8 nitrogen and oxygen atoms in total. The highest BCUT2D eigenvalue weighted by Crippen LogP contribution is 2.32. The number of carbonyl (C=O) groups is 2. The molecule has 0 bridgehead atoms. The molecule has 3 aromatic carbocycles. The van der Waals surface area contributed by atoms with Crippen LogP contribution in [0.1, 0.15) is 28.4 Å². The Morgan fingerprint density at radius 2 is 1.71 bits per heavy atom. The molecule has 0 aliphatic carbocycles. The molecular formula is C26H22N2O6. The van der Waals surface area contributed by atoms with Crippen LogP contribution in [0.3, 0.4) is 0 Å². The summed E-state index contributed by atoms with van der Waals surface area (Å²) < 4.78 is 16.1. The topological polar surface area (TPSA) is 106 Å². The lowest BCUT2D eigenvalue weighted by Crippen LogP contribution is -2.20. The zero-order chi connectivity index (χ0) is 23.9. The maximum Gasteiger partial charge on any atom is 0.262 e. The van der Waals surface area contributed by atoms with E-state index >= 15 is 0 Å². The Balaban J connectivity index is 1.28. The zero-order valence-corrected chi connectivity index (χ0v) is 18.4. The average molecular weight is 458 g/mol. The Kier molecular flexibility index (Phi) is 6.88. The van der Waals surface area contributed by atoms with Gasteiger partial charge in [0.1, 0.15) is 5.75 Å². The number of fused-ring (bicyclic) bond motifs is 1. The fraction of sp³-hybridized carbons (Fsp3) is 0.115. The zero-order valence-electron chi connectivity index (χ0n) is 18.4. The van der Waals surface area contributed by atoms with E-state index < -0.39 is 0 Å². The predicted octanol–water partition coefficient (Wildman–Crippen LogP) is 4.53. The summed E-state index contributed by atoms with van der Waals surface area (Å²) in [6.45, 7) is 1.70. The number of rotatable bonds is 8. The van der Waals surface area contributed by atoms with E-state index in [1.807, 2.05) is 12.1 Å².